The average molecular weight is 371 g/mol. The molecular formula is C15H13N7O3S. The fourth-order valence-corrected chi connectivity index (χ4v) is 3.24. The molecule has 26 heavy (non-hydrogen) atoms. The summed E-state index contributed by atoms with van der Waals surface area (Å²) in [5.41, 5.74) is 1.03. The molecule has 2 aliphatic rings. The average Bonchev–Trinajstić information content (AvgIpc) is 3.24. The first-order valence-electron chi connectivity index (χ1n) is 7.73. The number of nitriles is 1. The molecule has 3 N–H and O–H groups in total. The van der Waals surface area contributed by atoms with Crippen LogP contribution in [0, 0.1) is 11.3 Å². The molecule has 0 aromatic carbocycles. The van der Waals surface area contributed by atoms with Gasteiger partial charge in [-0.05, 0) is 18.9 Å². The monoisotopic (exact) mass is 371 g/mol. The Bertz CT molecular complexity index is 1020. The fourth-order valence-electron chi connectivity index (χ4n) is 2.59. The lowest BCUT2D eigenvalue weighted by molar-refractivity contribution is -0.115. The number of hydrogen-bond acceptors (Lipinski definition) is 7. The van der Waals surface area contributed by atoms with E-state index in [1.165, 1.54) is 23.0 Å². The van der Waals surface area contributed by atoms with Crippen LogP contribution >= 0.6 is 0 Å². The highest BCUT2D eigenvalue weighted by molar-refractivity contribution is 7.90. The molecule has 132 valence electrons. The Kier molecular flexibility index (Phi) is 3.78. The van der Waals surface area contributed by atoms with E-state index in [0.29, 0.717) is 17.0 Å². The molecule has 11 heteroatoms. The molecule has 4 rings (SSSR count). The highest BCUT2D eigenvalue weighted by Crippen LogP contribution is 2.30. The van der Waals surface area contributed by atoms with Crippen molar-refractivity contribution in [3.05, 3.63) is 23.0 Å². The first-order chi connectivity index (χ1) is 12.5. The third-order valence-corrected chi connectivity index (χ3v) is 4.80. The Balaban J connectivity index is 1.90. The van der Waals surface area contributed by atoms with Crippen LogP contribution in [-0.4, -0.2) is 43.4 Å². The summed E-state index contributed by atoms with van der Waals surface area (Å²) < 4.78 is 13.6. The summed E-state index contributed by atoms with van der Waals surface area (Å²) in [4.78, 5) is 27.3. The number of carbonyl (C=O) groups excluding carboxylic acids is 2. The van der Waals surface area contributed by atoms with Gasteiger partial charge in [0.15, 0.2) is 17.0 Å². The standard InChI is InChI=1S/C15H13N7O3S/c1-26(25)14-9(5-16)12(18-8-2-3-8)22-11(20-14)7(6-17-22)4-10-13(23)21-15(24)19-10/h4,6,8,18H,2-3H2,1H3,(H2,19,21,23,24). The number of urea groups is 1. The minimum absolute atomic E-state index is 0.0620. The summed E-state index contributed by atoms with van der Waals surface area (Å²) in [7, 11) is 0. The number of nitrogens with one attached hydrogen (secondary N) is 3. The van der Waals surface area contributed by atoms with E-state index < -0.39 is 23.1 Å². The Morgan fingerprint density at radius 1 is 1.46 bits per heavy atom. The first-order valence-corrected chi connectivity index (χ1v) is 9.29. The Labute approximate surface area is 150 Å². The summed E-state index contributed by atoms with van der Waals surface area (Å²) in [6.07, 6.45) is 6.30. The molecule has 2 aromatic heterocycles. The lowest BCUT2D eigenvalue weighted by atomic mass is 10.2. The lowest BCUT2D eigenvalue weighted by Crippen LogP contribution is -2.22. The highest BCUT2D eigenvalue weighted by atomic mass is 32.2. The molecular weight excluding hydrogens is 358 g/mol. The van der Waals surface area contributed by atoms with Crippen LogP contribution in [0.25, 0.3) is 11.7 Å². The lowest BCUT2D eigenvalue weighted by Gasteiger charge is -2.12. The van der Waals surface area contributed by atoms with Crippen LogP contribution in [0.4, 0.5) is 10.6 Å². The number of amides is 3. The Morgan fingerprint density at radius 3 is 2.81 bits per heavy atom. The van der Waals surface area contributed by atoms with Crippen LogP contribution in [-0.2, 0) is 16.0 Å². The van der Waals surface area contributed by atoms with Crippen LogP contribution in [0.5, 0.6) is 0 Å². The molecule has 0 bridgehead atoms. The van der Waals surface area contributed by atoms with Gasteiger partial charge in [-0.3, -0.25) is 10.1 Å². The van der Waals surface area contributed by atoms with E-state index in [-0.39, 0.29) is 22.3 Å². The van der Waals surface area contributed by atoms with Gasteiger partial charge in [0.1, 0.15) is 18.0 Å². The maximum absolute atomic E-state index is 12.1. The molecule has 3 heterocycles. The zero-order chi connectivity index (χ0) is 18.4. The number of anilines is 1. The van der Waals surface area contributed by atoms with E-state index in [1.54, 1.807) is 0 Å². The zero-order valence-corrected chi connectivity index (χ0v) is 14.4. The van der Waals surface area contributed by atoms with Crippen molar-refractivity contribution in [2.24, 2.45) is 0 Å². The molecule has 0 spiro atoms. The maximum Gasteiger partial charge on any atom is 0.326 e. The van der Waals surface area contributed by atoms with Crippen molar-refractivity contribution < 1.29 is 14.1 Å². The summed E-state index contributed by atoms with van der Waals surface area (Å²) in [6.45, 7) is 0. The fraction of sp³-hybridized carbons (Fsp3) is 0.267. The van der Waals surface area contributed by atoms with Crippen molar-refractivity contribution in [1.29, 1.82) is 5.26 Å². The molecule has 0 radical (unpaired) electrons. The Morgan fingerprint density at radius 2 is 2.23 bits per heavy atom. The summed E-state index contributed by atoms with van der Waals surface area (Å²) >= 11 is -1.49. The number of hydrogen-bond donors (Lipinski definition) is 3. The molecule has 1 aliphatic heterocycles. The first kappa shape index (κ1) is 16.4. The minimum Gasteiger partial charge on any atom is -0.610 e. The molecule has 1 unspecified atom stereocenters. The van der Waals surface area contributed by atoms with Crippen LogP contribution in [0.2, 0.25) is 0 Å². The third kappa shape index (κ3) is 2.75. The van der Waals surface area contributed by atoms with Gasteiger partial charge in [0, 0.05) is 22.8 Å². The van der Waals surface area contributed by atoms with Gasteiger partial charge in [-0.2, -0.15) is 19.9 Å². The molecule has 3 amide bonds. The molecule has 1 aliphatic carbocycles. The summed E-state index contributed by atoms with van der Waals surface area (Å²) in [5.74, 6) is -0.131. The van der Waals surface area contributed by atoms with E-state index >= 15 is 0 Å². The number of aromatic nitrogens is 3. The van der Waals surface area contributed by atoms with Gasteiger partial charge in [0.25, 0.3) is 10.9 Å². The minimum atomic E-state index is -1.49. The van der Waals surface area contributed by atoms with Crippen molar-refractivity contribution in [3.8, 4) is 6.07 Å². The smallest absolute Gasteiger partial charge is 0.326 e. The molecule has 10 nitrogen and oxygen atoms in total. The zero-order valence-electron chi connectivity index (χ0n) is 13.6. The maximum atomic E-state index is 12.1. The van der Waals surface area contributed by atoms with Gasteiger partial charge in [-0.25, -0.2) is 4.79 Å². The number of rotatable bonds is 4. The molecule has 1 atom stereocenters. The largest absolute Gasteiger partial charge is 0.610 e. The predicted molar refractivity (Wildman–Crippen MR) is 91.3 cm³/mol. The van der Waals surface area contributed by atoms with Gasteiger partial charge < -0.3 is 15.2 Å². The van der Waals surface area contributed by atoms with Gasteiger partial charge in [0.2, 0.25) is 0 Å². The van der Waals surface area contributed by atoms with Crippen LogP contribution < -0.4 is 16.0 Å². The normalized spacial score (nSPS) is 19.3. The molecule has 1 saturated carbocycles. The predicted octanol–water partition coefficient (Wildman–Crippen LogP) is 0.0930. The van der Waals surface area contributed by atoms with E-state index in [9.17, 15) is 19.4 Å². The van der Waals surface area contributed by atoms with E-state index in [4.69, 9.17) is 0 Å². The second kappa shape index (κ2) is 6.01. The Hall–Kier alpha value is -3.10. The van der Waals surface area contributed by atoms with Crippen molar-refractivity contribution >= 4 is 40.7 Å². The molecule has 1 saturated heterocycles. The van der Waals surface area contributed by atoms with E-state index in [1.807, 2.05) is 0 Å². The van der Waals surface area contributed by atoms with Crippen LogP contribution in [0.1, 0.15) is 24.0 Å². The highest BCUT2D eigenvalue weighted by Gasteiger charge is 2.29. The SMILES string of the molecule is C[S+]([O-])c1nc2c(C=C3NC(=O)NC3=O)cnn2c(NC2CC2)c1C#N. The van der Waals surface area contributed by atoms with Crippen LogP contribution in [0.15, 0.2) is 16.9 Å². The number of carbonyl (C=O) groups is 2. The van der Waals surface area contributed by atoms with Crippen molar-refractivity contribution in [2.75, 3.05) is 11.6 Å². The van der Waals surface area contributed by atoms with Gasteiger partial charge >= 0.3 is 6.03 Å². The van der Waals surface area contributed by atoms with Crippen molar-refractivity contribution in [1.82, 2.24) is 25.2 Å². The third-order valence-electron chi connectivity index (χ3n) is 3.96. The summed E-state index contributed by atoms with van der Waals surface area (Å²) in [6, 6.07) is 1.68. The second-order valence-corrected chi connectivity index (χ2v) is 7.22. The van der Waals surface area contributed by atoms with Crippen LogP contribution in [0.3, 0.4) is 0 Å². The van der Waals surface area contributed by atoms with Crippen molar-refractivity contribution in [3.63, 3.8) is 0 Å². The van der Waals surface area contributed by atoms with Gasteiger partial charge in [-0.1, -0.05) is 0 Å². The summed E-state index contributed by atoms with van der Waals surface area (Å²) in [5, 5.41) is 21.6. The van der Waals surface area contributed by atoms with Crippen molar-refractivity contribution in [2.45, 2.75) is 23.9 Å². The number of imide groups is 1. The van der Waals surface area contributed by atoms with E-state index in [2.05, 4.69) is 32.1 Å². The van der Waals surface area contributed by atoms with Gasteiger partial charge in [-0.15, -0.1) is 0 Å². The molecule has 2 fully saturated rings. The number of nitrogens with zero attached hydrogens (tertiary/aromatic N) is 4. The topological polar surface area (TPSA) is 147 Å². The second-order valence-electron chi connectivity index (χ2n) is 5.93. The number of fused-ring (bicyclic) bond motifs is 1. The van der Waals surface area contributed by atoms with Gasteiger partial charge in [0.05, 0.1) is 6.20 Å². The quantitative estimate of drug-likeness (QED) is 0.299. The molecule has 2 aromatic rings. The van der Waals surface area contributed by atoms with E-state index in [0.717, 1.165) is 12.8 Å².